The Morgan fingerprint density at radius 1 is 1.12 bits per heavy atom. The number of halogens is 1. The van der Waals surface area contributed by atoms with Crippen LogP contribution in [0.5, 0.6) is 0 Å². The van der Waals surface area contributed by atoms with E-state index in [-0.39, 0.29) is 6.03 Å². The summed E-state index contributed by atoms with van der Waals surface area (Å²) in [5.74, 6) is 0.906. The van der Waals surface area contributed by atoms with Gasteiger partial charge in [0, 0.05) is 43.0 Å². The van der Waals surface area contributed by atoms with Gasteiger partial charge in [0.1, 0.15) is 5.82 Å². The smallest absolute Gasteiger partial charge is 0.315 e. The monoisotopic (exact) mass is 360 g/mol. The fourth-order valence-corrected chi connectivity index (χ4v) is 2.78. The Morgan fingerprint density at radius 3 is 2.60 bits per heavy atom. The van der Waals surface area contributed by atoms with Crippen molar-refractivity contribution in [2.24, 2.45) is 0 Å². The number of carbonyl (C=O) groups is 1. The minimum atomic E-state index is -0.216. The minimum Gasteiger partial charge on any atom is -0.378 e. The molecule has 0 bridgehead atoms. The van der Waals surface area contributed by atoms with Crippen molar-refractivity contribution in [2.75, 3.05) is 31.2 Å². The van der Waals surface area contributed by atoms with Gasteiger partial charge < -0.3 is 20.3 Å². The van der Waals surface area contributed by atoms with Crippen LogP contribution in [0.2, 0.25) is 5.02 Å². The van der Waals surface area contributed by atoms with Crippen molar-refractivity contribution in [1.29, 1.82) is 0 Å². The summed E-state index contributed by atoms with van der Waals surface area (Å²) in [4.78, 5) is 18.7. The van der Waals surface area contributed by atoms with Crippen LogP contribution >= 0.6 is 11.6 Å². The van der Waals surface area contributed by atoms with Crippen molar-refractivity contribution >= 4 is 23.4 Å². The number of aromatic nitrogens is 1. The molecule has 1 aromatic heterocycles. The third kappa shape index (κ3) is 5.08. The number of hydrogen-bond donors (Lipinski definition) is 2. The highest BCUT2D eigenvalue weighted by Gasteiger charge is 2.16. The largest absolute Gasteiger partial charge is 0.378 e. The summed E-state index contributed by atoms with van der Waals surface area (Å²) in [7, 11) is 0. The second-order valence-corrected chi connectivity index (χ2v) is 6.18. The highest BCUT2D eigenvalue weighted by atomic mass is 35.5. The van der Waals surface area contributed by atoms with E-state index in [9.17, 15) is 4.79 Å². The minimum absolute atomic E-state index is 0.216. The quantitative estimate of drug-likeness (QED) is 0.860. The van der Waals surface area contributed by atoms with Crippen molar-refractivity contribution in [3.63, 3.8) is 0 Å². The summed E-state index contributed by atoms with van der Waals surface area (Å²) >= 11 is 5.85. The van der Waals surface area contributed by atoms with Crippen LogP contribution in [0.4, 0.5) is 10.6 Å². The van der Waals surface area contributed by atoms with Crippen LogP contribution in [-0.4, -0.2) is 37.3 Å². The third-order valence-corrected chi connectivity index (χ3v) is 4.24. The zero-order valence-electron chi connectivity index (χ0n) is 13.9. The molecule has 2 amide bonds. The molecule has 0 spiro atoms. The Hall–Kier alpha value is -2.31. The number of urea groups is 1. The van der Waals surface area contributed by atoms with E-state index >= 15 is 0 Å². The van der Waals surface area contributed by atoms with E-state index in [4.69, 9.17) is 16.3 Å². The number of benzene rings is 1. The van der Waals surface area contributed by atoms with Crippen LogP contribution in [0.15, 0.2) is 42.6 Å². The van der Waals surface area contributed by atoms with Gasteiger partial charge in [0.05, 0.1) is 13.2 Å². The molecule has 7 heteroatoms. The van der Waals surface area contributed by atoms with Crippen LogP contribution in [0.3, 0.4) is 0 Å². The molecule has 0 atom stereocenters. The van der Waals surface area contributed by atoms with Crippen LogP contribution in [0, 0.1) is 0 Å². The van der Waals surface area contributed by atoms with Gasteiger partial charge in [-0.15, -0.1) is 0 Å². The fraction of sp³-hybridized carbons (Fsp3) is 0.333. The molecule has 1 aliphatic rings. The maximum absolute atomic E-state index is 12.0. The first kappa shape index (κ1) is 17.5. The molecule has 1 saturated heterocycles. The number of carbonyl (C=O) groups excluding carboxylic acids is 1. The van der Waals surface area contributed by atoms with Crippen LogP contribution in [0.25, 0.3) is 0 Å². The number of ether oxygens (including phenoxy) is 1. The molecule has 0 aliphatic carbocycles. The van der Waals surface area contributed by atoms with E-state index in [0.29, 0.717) is 31.3 Å². The molecule has 1 aromatic carbocycles. The average Bonchev–Trinajstić information content (AvgIpc) is 2.67. The Kier molecular flexibility index (Phi) is 6.09. The van der Waals surface area contributed by atoms with Gasteiger partial charge in [0.25, 0.3) is 0 Å². The molecule has 0 unspecified atom stereocenters. The van der Waals surface area contributed by atoms with Crippen molar-refractivity contribution in [1.82, 2.24) is 15.6 Å². The molecule has 1 fully saturated rings. The molecule has 1 aliphatic heterocycles. The zero-order chi connectivity index (χ0) is 17.5. The number of hydrogen-bond acceptors (Lipinski definition) is 4. The van der Waals surface area contributed by atoms with Crippen LogP contribution in [0.1, 0.15) is 11.1 Å². The average molecular weight is 361 g/mol. The Balaban J connectivity index is 1.52. The molecule has 3 rings (SSSR count). The SMILES string of the molecule is O=C(NCc1ccc(Cl)cc1)NCc1cccnc1N1CCOCC1. The molecule has 2 N–H and O–H groups in total. The molecule has 2 aromatic rings. The number of nitrogens with one attached hydrogen (secondary N) is 2. The summed E-state index contributed by atoms with van der Waals surface area (Å²) in [5.41, 5.74) is 1.99. The lowest BCUT2D eigenvalue weighted by Gasteiger charge is -2.29. The maximum Gasteiger partial charge on any atom is 0.315 e. The number of rotatable bonds is 5. The Bertz CT molecular complexity index is 702. The maximum atomic E-state index is 12.0. The number of nitrogens with zero attached hydrogens (tertiary/aromatic N) is 2. The van der Waals surface area contributed by atoms with Crippen LogP contribution in [-0.2, 0) is 17.8 Å². The molecule has 25 heavy (non-hydrogen) atoms. The zero-order valence-corrected chi connectivity index (χ0v) is 14.6. The summed E-state index contributed by atoms with van der Waals surface area (Å²) in [6.45, 7) is 3.90. The Morgan fingerprint density at radius 2 is 1.84 bits per heavy atom. The van der Waals surface area contributed by atoms with E-state index < -0.39 is 0 Å². The van der Waals surface area contributed by atoms with Gasteiger partial charge in [-0.05, 0) is 23.8 Å². The van der Waals surface area contributed by atoms with Crippen molar-refractivity contribution in [3.05, 3.63) is 58.7 Å². The van der Waals surface area contributed by atoms with E-state index in [1.807, 2.05) is 24.3 Å². The van der Waals surface area contributed by atoms with E-state index in [0.717, 1.165) is 30.0 Å². The lowest BCUT2D eigenvalue weighted by Crippen LogP contribution is -2.38. The molecule has 6 nitrogen and oxygen atoms in total. The predicted octanol–water partition coefficient (Wildman–Crippen LogP) is 2.57. The first-order valence-corrected chi connectivity index (χ1v) is 8.63. The number of anilines is 1. The van der Waals surface area contributed by atoms with Gasteiger partial charge in [-0.25, -0.2) is 9.78 Å². The first-order chi connectivity index (χ1) is 12.2. The molecule has 0 saturated carbocycles. The van der Waals surface area contributed by atoms with Crippen molar-refractivity contribution < 1.29 is 9.53 Å². The first-order valence-electron chi connectivity index (χ1n) is 8.25. The van der Waals surface area contributed by atoms with E-state index in [2.05, 4.69) is 20.5 Å². The lowest BCUT2D eigenvalue weighted by atomic mass is 10.2. The van der Waals surface area contributed by atoms with E-state index in [1.54, 1.807) is 18.3 Å². The lowest BCUT2D eigenvalue weighted by molar-refractivity contribution is 0.122. The summed E-state index contributed by atoms with van der Waals surface area (Å²) in [5, 5.41) is 6.41. The predicted molar refractivity (Wildman–Crippen MR) is 97.8 cm³/mol. The van der Waals surface area contributed by atoms with Crippen LogP contribution < -0.4 is 15.5 Å². The topological polar surface area (TPSA) is 66.5 Å². The molecule has 132 valence electrons. The third-order valence-electron chi connectivity index (χ3n) is 3.98. The molecular weight excluding hydrogens is 340 g/mol. The van der Waals surface area contributed by atoms with Gasteiger partial charge in [-0.2, -0.15) is 0 Å². The summed E-state index contributed by atoms with van der Waals surface area (Å²) in [6, 6.07) is 11.0. The van der Waals surface area contributed by atoms with Gasteiger partial charge in [-0.1, -0.05) is 29.8 Å². The fourth-order valence-electron chi connectivity index (χ4n) is 2.65. The number of pyridine rings is 1. The highest BCUT2D eigenvalue weighted by molar-refractivity contribution is 6.30. The number of morpholine rings is 1. The second-order valence-electron chi connectivity index (χ2n) is 5.75. The Labute approximate surface area is 152 Å². The highest BCUT2D eigenvalue weighted by Crippen LogP contribution is 2.18. The number of amides is 2. The summed E-state index contributed by atoms with van der Waals surface area (Å²) in [6.07, 6.45) is 1.77. The standard InChI is InChI=1S/C18H21ClN4O2/c19-16-5-3-14(4-6-16)12-21-18(24)22-13-15-2-1-7-20-17(15)23-8-10-25-11-9-23/h1-7H,8-13H2,(H2,21,22,24). The van der Waals surface area contributed by atoms with Gasteiger partial charge in [0.2, 0.25) is 0 Å². The van der Waals surface area contributed by atoms with E-state index in [1.165, 1.54) is 0 Å². The van der Waals surface area contributed by atoms with Crippen molar-refractivity contribution in [3.8, 4) is 0 Å². The molecule has 0 radical (unpaired) electrons. The van der Waals surface area contributed by atoms with Crippen molar-refractivity contribution in [2.45, 2.75) is 13.1 Å². The summed E-state index contributed by atoms with van der Waals surface area (Å²) < 4.78 is 5.38. The van der Waals surface area contributed by atoms with Gasteiger partial charge in [-0.3, -0.25) is 0 Å². The molecule has 2 heterocycles. The van der Waals surface area contributed by atoms with Gasteiger partial charge >= 0.3 is 6.03 Å². The van der Waals surface area contributed by atoms with Gasteiger partial charge in [0.15, 0.2) is 0 Å². The second kappa shape index (κ2) is 8.69. The molecular formula is C18H21ClN4O2. The normalized spacial score (nSPS) is 14.2.